The highest BCUT2D eigenvalue weighted by molar-refractivity contribution is 9.10. The minimum atomic E-state index is -0.240. The van der Waals surface area contributed by atoms with E-state index in [1.54, 1.807) is 24.3 Å². The van der Waals surface area contributed by atoms with Gasteiger partial charge in [0, 0.05) is 10.0 Å². The molecule has 6 heteroatoms. The van der Waals surface area contributed by atoms with Gasteiger partial charge >= 0.3 is 0 Å². The zero-order valence-corrected chi connectivity index (χ0v) is 10.9. The van der Waals surface area contributed by atoms with Crippen LogP contribution in [0.4, 0.5) is 5.13 Å². The summed E-state index contributed by atoms with van der Waals surface area (Å²) in [4.78, 5) is 16.2. The average molecular weight is 308 g/mol. The van der Waals surface area contributed by atoms with Crippen LogP contribution in [0.3, 0.4) is 0 Å². The van der Waals surface area contributed by atoms with Gasteiger partial charge in [-0.15, -0.1) is 0 Å². The fourth-order valence-electron chi connectivity index (χ4n) is 1.15. The van der Waals surface area contributed by atoms with Crippen LogP contribution in [0.2, 0.25) is 0 Å². The first-order chi connectivity index (χ1) is 8.19. The maximum absolute atomic E-state index is 11.8. The van der Waals surface area contributed by atoms with Gasteiger partial charge in [-0.1, -0.05) is 27.3 Å². The van der Waals surface area contributed by atoms with Gasteiger partial charge in [0.1, 0.15) is 10.9 Å². The van der Waals surface area contributed by atoms with Crippen LogP contribution in [0, 0.1) is 11.3 Å². The molecule has 0 fully saturated rings. The molecule has 4 nitrogen and oxygen atoms in total. The van der Waals surface area contributed by atoms with Crippen LogP contribution in [-0.2, 0) is 0 Å². The van der Waals surface area contributed by atoms with Crippen LogP contribution < -0.4 is 5.32 Å². The van der Waals surface area contributed by atoms with E-state index in [9.17, 15) is 4.79 Å². The summed E-state index contributed by atoms with van der Waals surface area (Å²) in [5.74, 6) is -0.240. The Hall–Kier alpha value is -1.71. The van der Waals surface area contributed by atoms with Gasteiger partial charge in [0.05, 0.1) is 6.20 Å². The lowest BCUT2D eigenvalue weighted by Crippen LogP contribution is -2.11. The normalized spacial score (nSPS) is 9.65. The molecule has 1 amide bonds. The molecule has 0 radical (unpaired) electrons. The first-order valence-corrected chi connectivity index (χ1v) is 6.23. The molecule has 0 aliphatic heterocycles. The van der Waals surface area contributed by atoms with Crippen molar-refractivity contribution in [2.75, 3.05) is 5.32 Å². The summed E-state index contributed by atoms with van der Waals surface area (Å²) in [6, 6.07) is 8.96. The first kappa shape index (κ1) is 11.8. The van der Waals surface area contributed by atoms with Crippen molar-refractivity contribution in [2.24, 2.45) is 0 Å². The minimum Gasteiger partial charge on any atom is -0.298 e. The monoisotopic (exact) mass is 307 g/mol. The minimum absolute atomic E-state index is 0.240. The Morgan fingerprint density at radius 2 is 2.12 bits per heavy atom. The number of amides is 1. The number of benzene rings is 1. The Kier molecular flexibility index (Phi) is 3.52. The van der Waals surface area contributed by atoms with E-state index in [4.69, 9.17) is 5.26 Å². The predicted molar refractivity (Wildman–Crippen MR) is 68.9 cm³/mol. The lowest BCUT2D eigenvalue weighted by molar-refractivity contribution is 0.102. The number of carbonyl (C=O) groups is 1. The number of carbonyl (C=O) groups excluding carboxylic acids is 1. The van der Waals surface area contributed by atoms with E-state index in [0.29, 0.717) is 15.6 Å². The third-order valence-corrected chi connectivity index (χ3v) is 3.29. The zero-order valence-electron chi connectivity index (χ0n) is 8.48. The van der Waals surface area contributed by atoms with E-state index in [2.05, 4.69) is 26.2 Å². The molecule has 17 heavy (non-hydrogen) atoms. The van der Waals surface area contributed by atoms with Crippen molar-refractivity contribution >= 4 is 38.3 Å². The van der Waals surface area contributed by atoms with E-state index in [1.807, 2.05) is 6.07 Å². The Morgan fingerprint density at radius 3 is 2.71 bits per heavy atom. The second kappa shape index (κ2) is 5.08. The smallest absolute Gasteiger partial charge is 0.257 e. The van der Waals surface area contributed by atoms with E-state index in [0.717, 1.165) is 15.8 Å². The fourth-order valence-corrected chi connectivity index (χ4v) is 2.03. The van der Waals surface area contributed by atoms with Crippen molar-refractivity contribution in [2.45, 2.75) is 0 Å². The number of nitrogens with zero attached hydrogens (tertiary/aromatic N) is 2. The molecule has 1 aromatic heterocycles. The quantitative estimate of drug-likeness (QED) is 0.927. The van der Waals surface area contributed by atoms with Gasteiger partial charge in [0.25, 0.3) is 5.91 Å². The number of thiazole rings is 1. The number of anilines is 1. The molecule has 0 aliphatic carbocycles. The lowest BCUT2D eigenvalue weighted by Gasteiger charge is -2.01. The van der Waals surface area contributed by atoms with Gasteiger partial charge in [0.15, 0.2) is 5.13 Å². The van der Waals surface area contributed by atoms with Gasteiger partial charge in [-0.25, -0.2) is 4.98 Å². The highest BCUT2D eigenvalue weighted by atomic mass is 79.9. The molecule has 0 spiro atoms. The first-order valence-electron chi connectivity index (χ1n) is 4.62. The lowest BCUT2D eigenvalue weighted by atomic mass is 10.2. The number of hydrogen-bond acceptors (Lipinski definition) is 4. The van der Waals surface area contributed by atoms with E-state index in [-0.39, 0.29) is 5.91 Å². The molecule has 0 saturated carbocycles. The summed E-state index contributed by atoms with van der Waals surface area (Å²) in [5.41, 5.74) is 0.543. The highest BCUT2D eigenvalue weighted by Crippen LogP contribution is 2.18. The van der Waals surface area contributed by atoms with Crippen LogP contribution in [0.5, 0.6) is 0 Å². The van der Waals surface area contributed by atoms with Crippen molar-refractivity contribution in [1.29, 1.82) is 5.26 Å². The molecule has 0 unspecified atom stereocenters. The molecule has 1 aromatic carbocycles. The second-order valence-electron chi connectivity index (χ2n) is 3.10. The zero-order chi connectivity index (χ0) is 12.3. The summed E-state index contributed by atoms with van der Waals surface area (Å²) < 4.78 is 0.912. The van der Waals surface area contributed by atoms with Crippen molar-refractivity contribution in [3.8, 4) is 6.07 Å². The molecule has 0 aliphatic rings. The maximum atomic E-state index is 11.8. The van der Waals surface area contributed by atoms with Gasteiger partial charge in [0.2, 0.25) is 0 Å². The van der Waals surface area contributed by atoms with Crippen molar-refractivity contribution < 1.29 is 4.79 Å². The van der Waals surface area contributed by atoms with Gasteiger partial charge in [-0.3, -0.25) is 10.1 Å². The summed E-state index contributed by atoms with van der Waals surface area (Å²) in [6.07, 6.45) is 1.43. The summed E-state index contributed by atoms with van der Waals surface area (Å²) >= 11 is 4.44. The maximum Gasteiger partial charge on any atom is 0.257 e. The molecular formula is C11H6BrN3OS. The van der Waals surface area contributed by atoms with Crippen LogP contribution in [-0.4, -0.2) is 10.9 Å². The van der Waals surface area contributed by atoms with Crippen molar-refractivity contribution in [3.63, 3.8) is 0 Å². The fraction of sp³-hybridized carbons (Fsp3) is 0. The third-order valence-electron chi connectivity index (χ3n) is 1.94. The van der Waals surface area contributed by atoms with Gasteiger partial charge in [-0.05, 0) is 24.3 Å². The number of nitrogens with one attached hydrogen (secondary N) is 1. The number of nitriles is 1. The molecule has 0 atom stereocenters. The van der Waals surface area contributed by atoms with Crippen LogP contribution >= 0.6 is 27.3 Å². The van der Waals surface area contributed by atoms with Crippen molar-refractivity contribution in [3.05, 3.63) is 45.4 Å². The Morgan fingerprint density at radius 1 is 1.41 bits per heavy atom. The number of rotatable bonds is 2. The number of halogens is 1. The topological polar surface area (TPSA) is 65.8 Å². The van der Waals surface area contributed by atoms with Crippen LogP contribution in [0.1, 0.15) is 15.2 Å². The van der Waals surface area contributed by atoms with Crippen molar-refractivity contribution in [1.82, 2.24) is 4.98 Å². The summed E-state index contributed by atoms with van der Waals surface area (Å²) in [7, 11) is 0. The van der Waals surface area contributed by atoms with Gasteiger partial charge in [-0.2, -0.15) is 5.26 Å². The molecular weight excluding hydrogens is 302 g/mol. The SMILES string of the molecule is N#Cc1cnc(NC(=O)c2ccc(Br)cc2)s1. The Balaban J connectivity index is 2.11. The Bertz CT molecular complexity index is 586. The molecule has 1 N–H and O–H groups in total. The Labute approximate surface area is 110 Å². The standard InChI is InChI=1S/C11H6BrN3OS/c12-8-3-1-7(2-4-8)10(16)15-11-14-6-9(5-13)17-11/h1-4,6H,(H,14,15,16). The highest BCUT2D eigenvalue weighted by Gasteiger charge is 2.08. The second-order valence-corrected chi connectivity index (χ2v) is 5.05. The van der Waals surface area contributed by atoms with Crippen LogP contribution in [0.15, 0.2) is 34.9 Å². The summed E-state index contributed by atoms with van der Waals surface area (Å²) in [5, 5.41) is 11.7. The van der Waals surface area contributed by atoms with E-state index in [1.165, 1.54) is 6.20 Å². The van der Waals surface area contributed by atoms with E-state index >= 15 is 0 Å². The number of hydrogen-bond donors (Lipinski definition) is 1. The molecule has 0 saturated heterocycles. The number of aromatic nitrogens is 1. The summed E-state index contributed by atoms with van der Waals surface area (Å²) in [6.45, 7) is 0. The molecule has 84 valence electrons. The van der Waals surface area contributed by atoms with Crippen LogP contribution in [0.25, 0.3) is 0 Å². The van der Waals surface area contributed by atoms with Gasteiger partial charge < -0.3 is 0 Å². The molecule has 2 rings (SSSR count). The third kappa shape index (κ3) is 2.90. The largest absolute Gasteiger partial charge is 0.298 e. The average Bonchev–Trinajstić information content (AvgIpc) is 2.77. The molecule has 0 bridgehead atoms. The van der Waals surface area contributed by atoms with E-state index < -0.39 is 0 Å². The molecule has 1 heterocycles. The molecule has 2 aromatic rings. The predicted octanol–water partition coefficient (Wildman–Crippen LogP) is 3.03.